The average molecular weight is 629 g/mol. The molecule has 0 aromatic rings. The van der Waals surface area contributed by atoms with Crippen molar-refractivity contribution in [3.63, 3.8) is 0 Å². The second-order valence-electron chi connectivity index (χ2n) is 18.6. The lowest BCUT2D eigenvalue weighted by atomic mass is 9.46. The minimum Gasteiger partial charge on any atom is -0.390 e. The summed E-state index contributed by atoms with van der Waals surface area (Å²) in [5.41, 5.74) is 0.926. The van der Waals surface area contributed by atoms with Crippen molar-refractivity contribution in [2.75, 3.05) is 32.8 Å². The van der Waals surface area contributed by atoms with Gasteiger partial charge in [0.1, 0.15) is 0 Å². The van der Waals surface area contributed by atoms with E-state index in [0.717, 1.165) is 63.1 Å². The van der Waals surface area contributed by atoms with Gasteiger partial charge in [0, 0.05) is 27.5 Å². The van der Waals surface area contributed by atoms with Gasteiger partial charge in [-0.2, -0.15) is 0 Å². The third-order valence-electron chi connectivity index (χ3n) is 15.8. The van der Waals surface area contributed by atoms with Gasteiger partial charge in [-0.15, -0.1) is 0 Å². The largest absolute Gasteiger partial charge is 0.390 e. The molecule has 0 aromatic carbocycles. The zero-order valence-corrected chi connectivity index (χ0v) is 29.2. The summed E-state index contributed by atoms with van der Waals surface area (Å²) >= 11 is 0. The molecule has 8 aliphatic rings. The normalized spacial score (nSPS) is 50.8. The van der Waals surface area contributed by atoms with Crippen molar-refractivity contribution in [1.82, 2.24) is 9.80 Å². The molecular formula is C38H64N2O5. The Bertz CT molecular complexity index is 1180. The molecule has 3 saturated heterocycles. The van der Waals surface area contributed by atoms with E-state index in [1.165, 1.54) is 51.4 Å². The lowest BCUT2D eigenvalue weighted by molar-refractivity contribution is -0.247. The fourth-order valence-electron chi connectivity index (χ4n) is 13.8. The number of hydrogen-bond acceptors (Lipinski definition) is 6. The van der Waals surface area contributed by atoms with Crippen molar-refractivity contribution in [1.29, 1.82) is 0 Å². The lowest BCUT2D eigenvalue weighted by Crippen LogP contribution is -2.57. The summed E-state index contributed by atoms with van der Waals surface area (Å²) in [6.45, 7) is 17.5. The summed E-state index contributed by atoms with van der Waals surface area (Å²) in [5.74, 6) is 3.35. The van der Waals surface area contributed by atoms with E-state index in [1.54, 1.807) is 0 Å². The topological polar surface area (TPSA) is 71.5 Å². The minimum absolute atomic E-state index is 0. The van der Waals surface area contributed by atoms with Crippen molar-refractivity contribution in [3.05, 3.63) is 0 Å². The van der Waals surface area contributed by atoms with Crippen LogP contribution in [-0.2, 0) is 19.0 Å². The van der Waals surface area contributed by atoms with Crippen molar-refractivity contribution < 1.29 is 25.5 Å². The molecule has 8 rings (SSSR count). The van der Waals surface area contributed by atoms with Crippen LogP contribution in [0, 0.1) is 45.3 Å². The van der Waals surface area contributed by atoms with E-state index in [2.05, 4.69) is 32.6 Å². The van der Waals surface area contributed by atoms with E-state index in [-0.39, 0.29) is 31.4 Å². The number of carbonyl (C=O) groups excluding carboxylic acids is 1. The fraction of sp³-hybridized carbons (Fsp3) is 0.974. The first-order valence-corrected chi connectivity index (χ1v) is 19.0. The van der Waals surface area contributed by atoms with E-state index < -0.39 is 5.60 Å². The molecule has 0 aromatic heterocycles. The third-order valence-corrected chi connectivity index (χ3v) is 15.8. The Kier molecular flexibility index (Phi) is 7.45. The van der Waals surface area contributed by atoms with Gasteiger partial charge < -0.3 is 24.2 Å². The Morgan fingerprint density at radius 1 is 0.978 bits per heavy atom. The molecule has 45 heavy (non-hydrogen) atoms. The van der Waals surface area contributed by atoms with E-state index >= 15 is 0 Å². The molecule has 12 atom stereocenters. The maximum Gasteiger partial charge on any atom is 0.239 e. The number of morpholine rings is 1. The van der Waals surface area contributed by atoms with Gasteiger partial charge in [0.25, 0.3) is 0 Å². The molecule has 7 heteroatoms. The van der Waals surface area contributed by atoms with Gasteiger partial charge in [-0.1, -0.05) is 20.8 Å². The van der Waals surface area contributed by atoms with Crippen LogP contribution in [0.5, 0.6) is 0 Å². The first-order valence-electron chi connectivity index (χ1n) is 19.0. The van der Waals surface area contributed by atoms with Gasteiger partial charge in [-0.3, -0.25) is 9.69 Å². The molecule has 8 fully saturated rings. The molecule has 3 heterocycles. The average Bonchev–Trinajstić information content (AvgIpc) is 3.35. The Morgan fingerprint density at radius 3 is 2.53 bits per heavy atom. The first-order chi connectivity index (χ1) is 21.3. The summed E-state index contributed by atoms with van der Waals surface area (Å²) in [4.78, 5) is 17.3. The van der Waals surface area contributed by atoms with Gasteiger partial charge in [-0.05, 0) is 137 Å². The Morgan fingerprint density at radius 2 is 1.78 bits per heavy atom. The number of fused-ring (bicyclic) bond motifs is 4. The lowest BCUT2D eigenvalue weighted by Gasteiger charge is -2.60. The maximum atomic E-state index is 13.0. The number of aliphatic hydroxyl groups is 1. The van der Waals surface area contributed by atoms with Crippen LogP contribution in [0.4, 0.5) is 0 Å². The Hall–Kier alpha value is -0.730. The number of nitrogens with zero attached hydrogens (tertiary/aromatic N) is 2. The summed E-state index contributed by atoms with van der Waals surface area (Å²) in [7, 11) is 0. The zero-order chi connectivity index (χ0) is 31.6. The molecule has 5 saturated carbocycles. The van der Waals surface area contributed by atoms with Crippen molar-refractivity contribution in [3.8, 4) is 0 Å². The molecule has 5 aliphatic carbocycles. The smallest absolute Gasteiger partial charge is 0.239 e. The predicted octanol–water partition coefficient (Wildman–Crippen LogP) is 6.26. The summed E-state index contributed by atoms with van der Waals surface area (Å²) in [5, 5.41) is 10.5. The molecule has 0 bridgehead atoms. The molecular weight excluding hydrogens is 564 g/mol. The molecule has 1 amide bonds. The molecule has 7 nitrogen and oxygen atoms in total. The van der Waals surface area contributed by atoms with Crippen molar-refractivity contribution in [2.45, 2.75) is 155 Å². The number of rotatable bonds is 6. The van der Waals surface area contributed by atoms with Gasteiger partial charge >= 0.3 is 0 Å². The number of likely N-dealkylation sites (tertiary alicyclic amines) is 1. The highest BCUT2D eigenvalue weighted by molar-refractivity contribution is 5.84. The highest BCUT2D eigenvalue weighted by atomic mass is 16.7. The quantitative estimate of drug-likeness (QED) is 0.374. The van der Waals surface area contributed by atoms with Crippen LogP contribution in [0.3, 0.4) is 0 Å². The third kappa shape index (κ3) is 4.70. The van der Waals surface area contributed by atoms with Gasteiger partial charge in [0.2, 0.25) is 5.91 Å². The Labute approximate surface area is 273 Å². The standard InChI is InChI=1S/C38H62N2O5.H2/c1-7-39-17-13-28(33(39)41)40-18-19-43-32(22-40)45-31-12-14-38-23-37(38)16-15-36(6)26-9-8-24(21-34(2,3)42)44-29(26)20-27(36)25(37)10-11-30(38)35(31,4)5;/h24-32,42H,7-23H2,1-6H3;1H/t24?,25?,26?,27?,28?,29?,30?,31-,32?,36?,37-,38?;/m0./s1. The zero-order valence-electron chi connectivity index (χ0n) is 29.2. The highest BCUT2D eigenvalue weighted by Gasteiger charge is 2.80. The molecule has 3 aliphatic heterocycles. The molecule has 256 valence electrons. The fourth-order valence-corrected chi connectivity index (χ4v) is 13.8. The number of amides is 1. The maximum absolute atomic E-state index is 13.0. The van der Waals surface area contributed by atoms with Crippen LogP contribution in [0.15, 0.2) is 0 Å². The number of hydrogen-bond donors (Lipinski definition) is 1. The number of likely N-dealkylation sites (N-methyl/N-ethyl adjacent to an activating group) is 1. The molecule has 1 N–H and O–H groups in total. The van der Waals surface area contributed by atoms with Gasteiger partial charge in [0.15, 0.2) is 6.29 Å². The summed E-state index contributed by atoms with van der Waals surface area (Å²) < 4.78 is 20.0. The molecule has 0 radical (unpaired) electrons. The van der Waals surface area contributed by atoms with Crippen molar-refractivity contribution in [2.24, 2.45) is 45.3 Å². The van der Waals surface area contributed by atoms with Crippen LogP contribution in [0.1, 0.15) is 120 Å². The van der Waals surface area contributed by atoms with E-state index in [9.17, 15) is 9.90 Å². The van der Waals surface area contributed by atoms with Crippen LogP contribution >= 0.6 is 0 Å². The van der Waals surface area contributed by atoms with Crippen LogP contribution in [0.2, 0.25) is 0 Å². The predicted molar refractivity (Wildman–Crippen MR) is 175 cm³/mol. The second kappa shape index (κ2) is 10.6. The monoisotopic (exact) mass is 628 g/mol. The van der Waals surface area contributed by atoms with E-state index in [4.69, 9.17) is 14.2 Å². The van der Waals surface area contributed by atoms with Crippen LogP contribution in [-0.4, -0.2) is 89.8 Å². The summed E-state index contributed by atoms with van der Waals surface area (Å²) in [6, 6.07) is -0.00148. The van der Waals surface area contributed by atoms with Gasteiger partial charge in [0.05, 0.1) is 43.1 Å². The highest BCUT2D eigenvalue weighted by Crippen LogP contribution is 2.87. The van der Waals surface area contributed by atoms with Crippen molar-refractivity contribution >= 4 is 5.91 Å². The number of ether oxygens (including phenoxy) is 3. The minimum atomic E-state index is -0.654. The second-order valence-corrected chi connectivity index (χ2v) is 18.6. The molecule has 10 unspecified atom stereocenters. The number of carbonyl (C=O) groups is 1. The van der Waals surface area contributed by atoms with E-state index in [0.29, 0.717) is 47.3 Å². The first kappa shape index (κ1) is 31.5. The SMILES string of the molecule is CCN1CCC(N2CCOC(O[C@H]3CCC45C[C@]46CCC4(C)C7CCC(CC(C)(C)O)OC7CC4C6CCC5C3(C)C)C2)C1=O.[HH]. The van der Waals surface area contributed by atoms with Crippen LogP contribution in [0.25, 0.3) is 0 Å². The van der Waals surface area contributed by atoms with Crippen LogP contribution < -0.4 is 0 Å². The Balaban J connectivity index is 0.00000338. The van der Waals surface area contributed by atoms with Gasteiger partial charge in [-0.25, -0.2) is 0 Å². The van der Waals surface area contributed by atoms with E-state index in [1.807, 2.05) is 18.7 Å². The molecule has 2 spiro atoms. The summed E-state index contributed by atoms with van der Waals surface area (Å²) in [6.07, 6.45) is 15.3.